The van der Waals surface area contributed by atoms with E-state index in [1.807, 2.05) is 29.2 Å². The molecule has 4 rings (SSSR count). The van der Waals surface area contributed by atoms with Gasteiger partial charge in [0.05, 0.1) is 19.1 Å². The van der Waals surface area contributed by atoms with Crippen molar-refractivity contribution in [1.29, 1.82) is 0 Å². The minimum Gasteiger partial charge on any atom is -0.545 e. The summed E-state index contributed by atoms with van der Waals surface area (Å²) in [6.07, 6.45) is 3.48. The van der Waals surface area contributed by atoms with Crippen molar-refractivity contribution in [3.8, 4) is 5.75 Å². The molecule has 0 bridgehead atoms. The second-order valence-electron chi connectivity index (χ2n) is 6.55. The van der Waals surface area contributed by atoms with Crippen LogP contribution in [0.1, 0.15) is 39.0 Å². The number of hydrogen-bond donors (Lipinski definition) is 0. The fourth-order valence-corrected chi connectivity index (χ4v) is 4.07. The van der Waals surface area contributed by atoms with Gasteiger partial charge in [-0.15, -0.1) is 0 Å². The third-order valence-electron chi connectivity index (χ3n) is 5.22. The molecule has 5 nitrogen and oxygen atoms in total. The topological polar surface area (TPSA) is 69.7 Å². The van der Waals surface area contributed by atoms with Crippen LogP contribution in [0.2, 0.25) is 0 Å². The minimum atomic E-state index is -1.24. The van der Waals surface area contributed by atoms with Crippen LogP contribution in [0.5, 0.6) is 5.75 Å². The molecule has 2 heterocycles. The zero-order chi connectivity index (χ0) is 18.3. The van der Waals surface area contributed by atoms with Crippen LogP contribution in [-0.2, 0) is 11.2 Å². The van der Waals surface area contributed by atoms with Gasteiger partial charge in [-0.1, -0.05) is 36.4 Å². The van der Waals surface area contributed by atoms with Gasteiger partial charge in [-0.3, -0.25) is 4.79 Å². The van der Waals surface area contributed by atoms with Crippen LogP contribution in [-0.4, -0.2) is 30.4 Å². The molecule has 2 aliphatic heterocycles. The zero-order valence-electron chi connectivity index (χ0n) is 14.3. The van der Waals surface area contributed by atoms with Gasteiger partial charge in [0.1, 0.15) is 5.75 Å². The first-order valence-electron chi connectivity index (χ1n) is 8.56. The van der Waals surface area contributed by atoms with Gasteiger partial charge in [0.25, 0.3) is 5.91 Å². The van der Waals surface area contributed by atoms with Crippen molar-refractivity contribution in [1.82, 2.24) is 4.90 Å². The summed E-state index contributed by atoms with van der Waals surface area (Å²) >= 11 is 0. The number of nitrogens with zero attached hydrogens (tertiary/aromatic N) is 1. The van der Waals surface area contributed by atoms with Gasteiger partial charge in [0, 0.05) is 18.0 Å². The van der Waals surface area contributed by atoms with Gasteiger partial charge in [-0.25, -0.2) is 0 Å². The van der Waals surface area contributed by atoms with Crippen molar-refractivity contribution in [2.75, 3.05) is 13.7 Å². The number of benzene rings is 2. The highest BCUT2D eigenvalue weighted by molar-refractivity contribution is 5.98. The Morgan fingerprint density at radius 1 is 1.23 bits per heavy atom. The highest BCUT2D eigenvalue weighted by Crippen LogP contribution is 2.47. The molecule has 0 aliphatic carbocycles. The maximum atomic E-state index is 13.1. The van der Waals surface area contributed by atoms with Crippen molar-refractivity contribution in [3.63, 3.8) is 0 Å². The zero-order valence-corrected chi connectivity index (χ0v) is 14.3. The van der Waals surface area contributed by atoms with Crippen molar-refractivity contribution < 1.29 is 19.4 Å². The highest BCUT2D eigenvalue weighted by atomic mass is 16.5. The Morgan fingerprint density at radius 3 is 2.81 bits per heavy atom. The number of hydrogen-bond acceptors (Lipinski definition) is 4. The maximum absolute atomic E-state index is 13.1. The summed E-state index contributed by atoms with van der Waals surface area (Å²) in [5.74, 6) is -0.937. The number of aliphatic carboxylic acids is 1. The van der Waals surface area contributed by atoms with Crippen LogP contribution in [0.3, 0.4) is 0 Å². The van der Waals surface area contributed by atoms with Crippen LogP contribution < -0.4 is 9.84 Å². The van der Waals surface area contributed by atoms with Crippen LogP contribution in [0.15, 0.2) is 54.6 Å². The molecule has 5 heteroatoms. The normalized spacial score (nSPS) is 21.1. The van der Waals surface area contributed by atoms with E-state index in [1.165, 1.54) is 5.56 Å². The van der Waals surface area contributed by atoms with Gasteiger partial charge >= 0.3 is 0 Å². The Labute approximate surface area is 151 Å². The minimum absolute atomic E-state index is 0.0449. The number of carbonyl (C=O) groups is 2. The summed E-state index contributed by atoms with van der Waals surface area (Å²) in [7, 11) is 1.56. The first-order valence-corrected chi connectivity index (χ1v) is 8.56. The summed E-state index contributed by atoms with van der Waals surface area (Å²) < 4.78 is 5.26. The Hall–Kier alpha value is -3.08. The predicted octanol–water partition coefficient (Wildman–Crippen LogP) is 1.84. The molecule has 0 saturated heterocycles. The highest BCUT2D eigenvalue weighted by Gasteiger charge is 2.42. The number of carboxylic acid groups (broad SMARTS) is 1. The lowest BCUT2D eigenvalue weighted by atomic mass is 9.76. The number of methoxy groups -OCH3 is 1. The van der Waals surface area contributed by atoms with Crippen LogP contribution in [0.25, 0.3) is 0 Å². The number of amides is 1. The number of carbonyl (C=O) groups excluding carboxylic acids is 2. The molecule has 1 amide bonds. The first-order chi connectivity index (χ1) is 12.6. The van der Waals surface area contributed by atoms with E-state index in [0.717, 1.165) is 23.6 Å². The summed E-state index contributed by atoms with van der Waals surface area (Å²) in [4.78, 5) is 26.0. The second-order valence-corrected chi connectivity index (χ2v) is 6.55. The third-order valence-corrected chi connectivity index (χ3v) is 5.22. The monoisotopic (exact) mass is 348 g/mol. The van der Waals surface area contributed by atoms with E-state index in [2.05, 4.69) is 6.07 Å². The van der Waals surface area contributed by atoms with Gasteiger partial charge < -0.3 is 19.5 Å². The molecule has 0 radical (unpaired) electrons. The summed E-state index contributed by atoms with van der Waals surface area (Å²) in [5, 5.41) is 11.0. The number of rotatable bonds is 3. The number of ether oxygens (including phenoxy) is 1. The molecule has 0 saturated carbocycles. The summed E-state index contributed by atoms with van der Waals surface area (Å²) in [6.45, 7) is 0.604. The van der Waals surface area contributed by atoms with Gasteiger partial charge in [-0.05, 0) is 41.3 Å². The molecule has 0 spiro atoms. The van der Waals surface area contributed by atoms with E-state index in [0.29, 0.717) is 17.9 Å². The Morgan fingerprint density at radius 2 is 2.04 bits per heavy atom. The summed E-state index contributed by atoms with van der Waals surface area (Å²) in [6, 6.07) is 13.2. The molecule has 2 aromatic carbocycles. The molecule has 2 aromatic rings. The fourth-order valence-electron chi connectivity index (χ4n) is 4.07. The maximum Gasteiger partial charge on any atom is 0.254 e. The lowest BCUT2D eigenvalue weighted by Gasteiger charge is -2.45. The molecule has 2 unspecified atom stereocenters. The quantitative estimate of drug-likeness (QED) is 0.794. The SMILES string of the molecule is COc1ccc2c(c1)C(=O)N1CCc3ccccc3C1C2/C=C/C(=O)[O-]. The van der Waals surface area contributed by atoms with Gasteiger partial charge in [0.15, 0.2) is 0 Å². The first kappa shape index (κ1) is 16.4. The Bertz CT molecular complexity index is 918. The van der Waals surface area contributed by atoms with Crippen LogP contribution >= 0.6 is 0 Å². The second kappa shape index (κ2) is 6.33. The number of fused-ring (bicyclic) bond motifs is 4. The molecule has 26 heavy (non-hydrogen) atoms. The smallest absolute Gasteiger partial charge is 0.254 e. The van der Waals surface area contributed by atoms with Crippen molar-refractivity contribution in [2.24, 2.45) is 0 Å². The number of carboxylic acids is 1. The third kappa shape index (κ3) is 2.56. The average molecular weight is 348 g/mol. The predicted molar refractivity (Wildman–Crippen MR) is 93.8 cm³/mol. The van der Waals surface area contributed by atoms with E-state index in [1.54, 1.807) is 25.3 Å². The summed E-state index contributed by atoms with van der Waals surface area (Å²) in [5.41, 5.74) is 3.64. The van der Waals surface area contributed by atoms with Crippen LogP contribution in [0.4, 0.5) is 0 Å². The van der Waals surface area contributed by atoms with Crippen molar-refractivity contribution in [2.45, 2.75) is 18.4 Å². The largest absolute Gasteiger partial charge is 0.545 e. The Balaban J connectivity index is 1.91. The average Bonchev–Trinajstić information content (AvgIpc) is 2.67. The van der Waals surface area contributed by atoms with E-state index in [-0.39, 0.29) is 17.9 Å². The Kier molecular flexibility index (Phi) is 3.99. The molecule has 2 aliphatic rings. The molecular formula is C21H18NO4-. The molecule has 0 N–H and O–H groups in total. The standard InChI is InChI=1S/C21H19NO4/c1-26-14-6-7-16-17(8-9-19(23)24)20-15-5-3-2-4-13(15)10-11-22(20)21(25)18(16)12-14/h2-9,12,17,20H,10-11H2,1H3,(H,23,24)/p-1/b9-8+. The van der Waals surface area contributed by atoms with E-state index in [9.17, 15) is 14.7 Å². The van der Waals surface area contributed by atoms with Crippen molar-refractivity contribution in [3.05, 3.63) is 76.9 Å². The van der Waals surface area contributed by atoms with Gasteiger partial charge in [-0.2, -0.15) is 0 Å². The lowest BCUT2D eigenvalue weighted by Crippen LogP contribution is -2.46. The molecule has 132 valence electrons. The lowest BCUT2D eigenvalue weighted by molar-refractivity contribution is -0.297. The molecule has 0 fully saturated rings. The van der Waals surface area contributed by atoms with E-state index < -0.39 is 5.97 Å². The molecule has 2 atom stereocenters. The van der Waals surface area contributed by atoms with Crippen LogP contribution in [0, 0.1) is 0 Å². The molecule has 0 aromatic heterocycles. The molecular weight excluding hydrogens is 330 g/mol. The van der Waals surface area contributed by atoms with E-state index >= 15 is 0 Å². The van der Waals surface area contributed by atoms with Gasteiger partial charge in [0.2, 0.25) is 0 Å². The van der Waals surface area contributed by atoms with Crippen molar-refractivity contribution >= 4 is 11.9 Å². The fraction of sp³-hybridized carbons (Fsp3) is 0.238. The van der Waals surface area contributed by atoms with E-state index in [4.69, 9.17) is 4.74 Å².